The number of rotatable bonds is 6. The third kappa shape index (κ3) is 4.76. The van der Waals surface area contributed by atoms with Gasteiger partial charge in [-0.1, -0.05) is 33.6 Å². The van der Waals surface area contributed by atoms with Crippen LogP contribution in [-0.2, 0) is 0 Å². The van der Waals surface area contributed by atoms with E-state index in [2.05, 4.69) is 39.8 Å². The fourth-order valence-corrected chi connectivity index (χ4v) is 1.43. The van der Waals surface area contributed by atoms with E-state index >= 15 is 0 Å². The van der Waals surface area contributed by atoms with E-state index in [1.165, 1.54) is 32.2 Å². The average Bonchev–Trinajstić information content (AvgIpc) is 2.03. The van der Waals surface area contributed by atoms with Crippen molar-refractivity contribution in [2.24, 2.45) is 5.41 Å². The molecule has 0 aliphatic carbocycles. The fourth-order valence-electron chi connectivity index (χ4n) is 1.43. The standard InChI is InChI=1S/C11H25N/c1-6-11(3,7-2)9-8-10-12(4)5/h6-10H2,1-5H3. The van der Waals surface area contributed by atoms with E-state index in [9.17, 15) is 0 Å². The summed E-state index contributed by atoms with van der Waals surface area (Å²) in [6.45, 7) is 8.25. The molecule has 0 bridgehead atoms. The van der Waals surface area contributed by atoms with Gasteiger partial charge in [0, 0.05) is 0 Å². The van der Waals surface area contributed by atoms with Gasteiger partial charge in [-0.15, -0.1) is 0 Å². The van der Waals surface area contributed by atoms with Crippen molar-refractivity contribution in [1.82, 2.24) is 4.90 Å². The first-order chi connectivity index (χ1) is 5.54. The van der Waals surface area contributed by atoms with Crippen molar-refractivity contribution < 1.29 is 0 Å². The second kappa shape index (κ2) is 5.58. The first kappa shape index (κ1) is 12.0. The van der Waals surface area contributed by atoms with Crippen LogP contribution in [0.4, 0.5) is 0 Å². The molecular weight excluding hydrogens is 146 g/mol. The molecule has 0 saturated carbocycles. The smallest absolute Gasteiger partial charge is 0.00246 e. The molecule has 0 unspecified atom stereocenters. The first-order valence-electron chi connectivity index (χ1n) is 5.19. The van der Waals surface area contributed by atoms with Crippen molar-refractivity contribution in [1.29, 1.82) is 0 Å². The molecule has 0 rings (SSSR count). The molecule has 0 aliphatic rings. The van der Waals surface area contributed by atoms with Crippen LogP contribution in [0.5, 0.6) is 0 Å². The predicted octanol–water partition coefficient (Wildman–Crippen LogP) is 3.15. The van der Waals surface area contributed by atoms with Gasteiger partial charge < -0.3 is 4.90 Å². The van der Waals surface area contributed by atoms with E-state index < -0.39 is 0 Å². The SMILES string of the molecule is CCC(C)(CC)CCCN(C)C. The van der Waals surface area contributed by atoms with Crippen LogP contribution in [0.3, 0.4) is 0 Å². The Balaban J connectivity index is 3.58. The van der Waals surface area contributed by atoms with E-state index in [0.717, 1.165) is 0 Å². The zero-order chi connectivity index (χ0) is 9.61. The maximum Gasteiger partial charge on any atom is -0.00246 e. The van der Waals surface area contributed by atoms with Gasteiger partial charge in [-0.3, -0.25) is 0 Å². The Bertz CT molecular complexity index is 104. The summed E-state index contributed by atoms with van der Waals surface area (Å²) < 4.78 is 0. The molecular formula is C11H25N. The van der Waals surface area contributed by atoms with Crippen LogP contribution in [0.15, 0.2) is 0 Å². The molecule has 12 heavy (non-hydrogen) atoms. The Kier molecular flexibility index (Phi) is 5.56. The fraction of sp³-hybridized carbons (Fsp3) is 1.00. The monoisotopic (exact) mass is 171 g/mol. The van der Waals surface area contributed by atoms with Crippen LogP contribution in [-0.4, -0.2) is 25.5 Å². The Labute approximate surface area is 78.1 Å². The van der Waals surface area contributed by atoms with E-state index in [4.69, 9.17) is 0 Å². The third-order valence-corrected chi connectivity index (χ3v) is 3.09. The molecule has 0 aromatic carbocycles. The van der Waals surface area contributed by atoms with Crippen molar-refractivity contribution in [2.45, 2.75) is 46.5 Å². The van der Waals surface area contributed by atoms with Gasteiger partial charge in [0.25, 0.3) is 0 Å². The highest BCUT2D eigenvalue weighted by Gasteiger charge is 2.18. The molecule has 1 heteroatoms. The van der Waals surface area contributed by atoms with Gasteiger partial charge in [-0.2, -0.15) is 0 Å². The van der Waals surface area contributed by atoms with Gasteiger partial charge in [-0.25, -0.2) is 0 Å². The van der Waals surface area contributed by atoms with Crippen molar-refractivity contribution >= 4 is 0 Å². The number of nitrogens with zero attached hydrogens (tertiary/aromatic N) is 1. The molecule has 0 atom stereocenters. The minimum absolute atomic E-state index is 0.593. The van der Waals surface area contributed by atoms with Crippen molar-refractivity contribution in [3.05, 3.63) is 0 Å². The second-order valence-electron chi connectivity index (χ2n) is 4.42. The molecule has 0 fully saturated rings. The lowest BCUT2D eigenvalue weighted by molar-refractivity contribution is 0.249. The Morgan fingerprint density at radius 3 is 1.92 bits per heavy atom. The van der Waals surface area contributed by atoms with Gasteiger partial charge in [0.1, 0.15) is 0 Å². The minimum atomic E-state index is 0.593. The maximum atomic E-state index is 2.41. The van der Waals surface area contributed by atoms with Crippen LogP contribution in [0, 0.1) is 5.41 Å². The lowest BCUT2D eigenvalue weighted by atomic mass is 9.80. The third-order valence-electron chi connectivity index (χ3n) is 3.09. The number of hydrogen-bond donors (Lipinski definition) is 0. The summed E-state index contributed by atoms with van der Waals surface area (Å²) in [7, 11) is 4.30. The van der Waals surface area contributed by atoms with E-state index in [-0.39, 0.29) is 0 Å². The zero-order valence-corrected chi connectivity index (χ0v) is 9.48. The summed E-state index contributed by atoms with van der Waals surface area (Å²) in [6, 6.07) is 0. The van der Waals surface area contributed by atoms with Gasteiger partial charge in [-0.05, 0) is 38.9 Å². The minimum Gasteiger partial charge on any atom is -0.309 e. The largest absolute Gasteiger partial charge is 0.309 e. The highest BCUT2D eigenvalue weighted by atomic mass is 15.0. The second-order valence-corrected chi connectivity index (χ2v) is 4.42. The van der Waals surface area contributed by atoms with Crippen LogP contribution in [0.2, 0.25) is 0 Å². The highest BCUT2D eigenvalue weighted by Crippen LogP contribution is 2.30. The van der Waals surface area contributed by atoms with Gasteiger partial charge in [0.05, 0.1) is 0 Å². The van der Waals surface area contributed by atoms with E-state index in [1.807, 2.05) is 0 Å². The lowest BCUT2D eigenvalue weighted by Crippen LogP contribution is -2.18. The van der Waals surface area contributed by atoms with Gasteiger partial charge in [0.2, 0.25) is 0 Å². The average molecular weight is 171 g/mol. The molecule has 0 aromatic rings. The van der Waals surface area contributed by atoms with Crippen molar-refractivity contribution in [3.63, 3.8) is 0 Å². The molecule has 1 nitrogen and oxygen atoms in total. The van der Waals surface area contributed by atoms with Crippen LogP contribution in [0.1, 0.15) is 46.5 Å². The van der Waals surface area contributed by atoms with Gasteiger partial charge >= 0.3 is 0 Å². The maximum absolute atomic E-state index is 2.41. The van der Waals surface area contributed by atoms with Crippen molar-refractivity contribution in [3.8, 4) is 0 Å². The Morgan fingerprint density at radius 2 is 1.58 bits per heavy atom. The lowest BCUT2D eigenvalue weighted by Gasteiger charge is -2.27. The molecule has 0 aromatic heterocycles. The first-order valence-corrected chi connectivity index (χ1v) is 5.19. The quantitative estimate of drug-likeness (QED) is 0.593. The van der Waals surface area contributed by atoms with Crippen LogP contribution in [0.25, 0.3) is 0 Å². The van der Waals surface area contributed by atoms with Crippen molar-refractivity contribution in [2.75, 3.05) is 20.6 Å². The Hall–Kier alpha value is -0.0400. The predicted molar refractivity (Wildman–Crippen MR) is 56.5 cm³/mol. The topological polar surface area (TPSA) is 3.24 Å². The van der Waals surface area contributed by atoms with Gasteiger partial charge in [0.15, 0.2) is 0 Å². The molecule has 0 heterocycles. The summed E-state index contributed by atoms with van der Waals surface area (Å²) in [4.78, 5) is 2.27. The molecule has 0 N–H and O–H groups in total. The normalized spacial score (nSPS) is 12.5. The summed E-state index contributed by atoms with van der Waals surface area (Å²) in [6.07, 6.45) is 5.34. The van der Waals surface area contributed by atoms with E-state index in [0.29, 0.717) is 5.41 Å². The molecule has 0 spiro atoms. The molecule has 0 amide bonds. The summed E-state index contributed by atoms with van der Waals surface area (Å²) in [5, 5.41) is 0. The van der Waals surface area contributed by atoms with E-state index in [1.54, 1.807) is 0 Å². The highest BCUT2D eigenvalue weighted by molar-refractivity contribution is 4.70. The molecule has 74 valence electrons. The van der Waals surface area contributed by atoms with Crippen LogP contribution >= 0.6 is 0 Å². The summed E-state index contributed by atoms with van der Waals surface area (Å²) >= 11 is 0. The molecule has 0 saturated heterocycles. The number of hydrogen-bond acceptors (Lipinski definition) is 1. The zero-order valence-electron chi connectivity index (χ0n) is 9.48. The Morgan fingerprint density at radius 1 is 1.08 bits per heavy atom. The van der Waals surface area contributed by atoms with Crippen LogP contribution < -0.4 is 0 Å². The summed E-state index contributed by atoms with van der Waals surface area (Å²) in [5.41, 5.74) is 0.593. The molecule has 0 aliphatic heterocycles. The molecule has 0 radical (unpaired) electrons. The summed E-state index contributed by atoms with van der Waals surface area (Å²) in [5.74, 6) is 0.